The summed E-state index contributed by atoms with van der Waals surface area (Å²) in [4.78, 5) is 26.8. The van der Waals surface area contributed by atoms with E-state index in [0.717, 1.165) is 22.6 Å². The first-order valence-electron chi connectivity index (χ1n) is 9.16. The number of benzene rings is 2. The average Bonchev–Trinajstić information content (AvgIpc) is 3.33. The number of aliphatic hydroxyl groups excluding tert-OH is 1. The summed E-state index contributed by atoms with van der Waals surface area (Å²) < 4.78 is 32.7. The minimum Gasteiger partial charge on any atom is -0.507 e. The molecule has 1 unspecified atom stereocenters. The Balaban J connectivity index is 1.96. The lowest BCUT2D eigenvalue weighted by molar-refractivity contribution is -0.132. The number of hydrogen-bond donors (Lipinski definition) is 1. The highest BCUT2D eigenvalue weighted by atomic mass is 19.2. The second-order valence-electron chi connectivity index (χ2n) is 7.10. The van der Waals surface area contributed by atoms with Crippen molar-refractivity contribution >= 4 is 23.1 Å². The van der Waals surface area contributed by atoms with Crippen LogP contribution in [-0.4, -0.2) is 16.8 Å². The van der Waals surface area contributed by atoms with Gasteiger partial charge in [0.15, 0.2) is 11.6 Å². The first kappa shape index (κ1) is 19.6. The summed E-state index contributed by atoms with van der Waals surface area (Å²) in [7, 11) is 0. The van der Waals surface area contributed by atoms with Crippen molar-refractivity contribution in [2.24, 2.45) is 0 Å². The summed E-state index contributed by atoms with van der Waals surface area (Å²) in [6.45, 7) is 3.60. The SMILES string of the molecule is Cc1ccc(C)c(/C(O)=C2/C(=O)C(=O)N(c3ccc(F)c(F)c3)C2c2ccco2)c1. The third kappa shape index (κ3) is 3.08. The highest BCUT2D eigenvalue weighted by molar-refractivity contribution is 6.51. The van der Waals surface area contributed by atoms with Crippen molar-refractivity contribution in [1.29, 1.82) is 0 Å². The lowest BCUT2D eigenvalue weighted by Crippen LogP contribution is -2.29. The van der Waals surface area contributed by atoms with Crippen molar-refractivity contribution in [3.05, 3.63) is 94.5 Å². The number of halogens is 2. The first-order valence-corrected chi connectivity index (χ1v) is 9.16. The van der Waals surface area contributed by atoms with Crippen LogP contribution in [-0.2, 0) is 9.59 Å². The molecule has 1 saturated heterocycles. The van der Waals surface area contributed by atoms with Crippen molar-refractivity contribution in [3.8, 4) is 0 Å². The monoisotopic (exact) mass is 409 g/mol. The van der Waals surface area contributed by atoms with E-state index < -0.39 is 29.4 Å². The van der Waals surface area contributed by atoms with Gasteiger partial charge in [0, 0.05) is 17.3 Å². The van der Waals surface area contributed by atoms with Crippen LogP contribution >= 0.6 is 0 Å². The fourth-order valence-corrected chi connectivity index (χ4v) is 3.59. The Hall–Kier alpha value is -3.74. The number of furan rings is 1. The molecule has 0 aliphatic carbocycles. The van der Waals surface area contributed by atoms with Gasteiger partial charge in [-0.3, -0.25) is 14.5 Å². The molecule has 1 N–H and O–H groups in total. The van der Waals surface area contributed by atoms with E-state index in [1.165, 1.54) is 12.3 Å². The summed E-state index contributed by atoms with van der Waals surface area (Å²) >= 11 is 0. The van der Waals surface area contributed by atoms with E-state index in [1.807, 2.05) is 13.0 Å². The minimum atomic E-state index is -1.16. The maximum atomic E-state index is 13.9. The van der Waals surface area contributed by atoms with Gasteiger partial charge in [-0.25, -0.2) is 8.78 Å². The molecule has 0 bridgehead atoms. The highest BCUT2D eigenvalue weighted by Gasteiger charge is 2.48. The van der Waals surface area contributed by atoms with Crippen molar-refractivity contribution < 1.29 is 27.9 Å². The molecule has 2 heterocycles. The smallest absolute Gasteiger partial charge is 0.300 e. The zero-order valence-corrected chi connectivity index (χ0v) is 16.1. The number of aryl methyl sites for hydroxylation is 2. The average molecular weight is 409 g/mol. The maximum absolute atomic E-state index is 13.9. The number of anilines is 1. The molecule has 30 heavy (non-hydrogen) atoms. The van der Waals surface area contributed by atoms with Gasteiger partial charge in [-0.2, -0.15) is 0 Å². The van der Waals surface area contributed by atoms with E-state index in [1.54, 1.807) is 31.2 Å². The van der Waals surface area contributed by atoms with Gasteiger partial charge in [0.2, 0.25) is 0 Å². The summed E-state index contributed by atoms with van der Waals surface area (Å²) in [5.74, 6) is -4.33. The number of nitrogens with zero attached hydrogens (tertiary/aromatic N) is 1. The molecule has 1 amide bonds. The predicted molar refractivity (Wildman–Crippen MR) is 106 cm³/mol. The molecule has 0 radical (unpaired) electrons. The van der Waals surface area contributed by atoms with Crippen LogP contribution in [0, 0.1) is 25.5 Å². The van der Waals surface area contributed by atoms with Crippen LogP contribution in [0.3, 0.4) is 0 Å². The van der Waals surface area contributed by atoms with Crippen LogP contribution in [0.15, 0.2) is 64.8 Å². The third-order valence-corrected chi connectivity index (χ3v) is 5.09. The highest BCUT2D eigenvalue weighted by Crippen LogP contribution is 2.42. The number of aliphatic hydroxyl groups is 1. The topological polar surface area (TPSA) is 70.8 Å². The third-order valence-electron chi connectivity index (χ3n) is 5.09. The Morgan fingerprint density at radius 2 is 1.80 bits per heavy atom. The Kier molecular flexibility index (Phi) is 4.73. The molecule has 1 aliphatic heterocycles. The molecule has 1 fully saturated rings. The Morgan fingerprint density at radius 3 is 2.47 bits per heavy atom. The summed E-state index contributed by atoms with van der Waals surface area (Å²) in [5, 5.41) is 11.1. The summed E-state index contributed by atoms with van der Waals surface area (Å²) in [5.41, 5.74) is 1.74. The van der Waals surface area contributed by atoms with Crippen LogP contribution in [0.5, 0.6) is 0 Å². The second-order valence-corrected chi connectivity index (χ2v) is 7.10. The molecule has 3 aromatic rings. The normalized spacial score (nSPS) is 18.3. The molecule has 0 saturated carbocycles. The molecule has 152 valence electrons. The predicted octanol–water partition coefficient (Wildman–Crippen LogP) is 4.80. The number of Topliss-reactive ketones (excluding diaryl/α,β-unsaturated/α-hetero) is 1. The number of amides is 1. The van der Waals surface area contributed by atoms with Crippen LogP contribution in [0.4, 0.5) is 14.5 Å². The second kappa shape index (κ2) is 7.26. The van der Waals surface area contributed by atoms with Gasteiger partial charge in [-0.05, 0) is 49.7 Å². The molecule has 4 rings (SSSR count). The Bertz CT molecular complexity index is 1200. The Morgan fingerprint density at radius 1 is 1.03 bits per heavy atom. The number of ketones is 1. The number of carbonyl (C=O) groups excluding carboxylic acids is 2. The quantitative estimate of drug-likeness (QED) is 0.383. The van der Waals surface area contributed by atoms with E-state index in [9.17, 15) is 23.5 Å². The molecule has 0 spiro atoms. The minimum absolute atomic E-state index is 0.0302. The zero-order valence-electron chi connectivity index (χ0n) is 16.1. The summed E-state index contributed by atoms with van der Waals surface area (Å²) in [6, 6.07) is 10.2. The van der Waals surface area contributed by atoms with E-state index in [4.69, 9.17) is 4.42 Å². The van der Waals surface area contributed by atoms with Crippen molar-refractivity contribution in [3.63, 3.8) is 0 Å². The lowest BCUT2D eigenvalue weighted by atomic mass is 9.96. The molecular formula is C23H17F2NO4. The van der Waals surface area contributed by atoms with Gasteiger partial charge < -0.3 is 9.52 Å². The number of carbonyl (C=O) groups is 2. The van der Waals surface area contributed by atoms with Crippen LogP contribution < -0.4 is 4.90 Å². The first-order chi connectivity index (χ1) is 14.3. The summed E-state index contributed by atoms with van der Waals surface area (Å²) in [6.07, 6.45) is 1.36. The number of hydrogen-bond acceptors (Lipinski definition) is 4. The molecule has 1 aliphatic rings. The van der Waals surface area contributed by atoms with Gasteiger partial charge >= 0.3 is 0 Å². The fourth-order valence-electron chi connectivity index (χ4n) is 3.59. The Labute approximate surface area is 170 Å². The fraction of sp³-hybridized carbons (Fsp3) is 0.130. The maximum Gasteiger partial charge on any atom is 0.300 e. The van der Waals surface area contributed by atoms with E-state index >= 15 is 0 Å². The zero-order chi connectivity index (χ0) is 21.6. The van der Waals surface area contributed by atoms with Crippen LogP contribution in [0.2, 0.25) is 0 Å². The van der Waals surface area contributed by atoms with Gasteiger partial charge in [-0.15, -0.1) is 0 Å². The largest absolute Gasteiger partial charge is 0.507 e. The van der Waals surface area contributed by atoms with Crippen LogP contribution in [0.25, 0.3) is 5.76 Å². The van der Waals surface area contributed by atoms with Gasteiger partial charge in [0.25, 0.3) is 11.7 Å². The van der Waals surface area contributed by atoms with Crippen molar-refractivity contribution in [2.45, 2.75) is 19.9 Å². The standard InChI is InChI=1S/C23H17F2NO4/c1-12-5-6-13(2)15(10-12)21(27)19-20(18-4-3-9-30-18)26(23(29)22(19)28)14-7-8-16(24)17(25)11-14/h3-11,20,27H,1-2H3/b21-19-. The van der Waals surface area contributed by atoms with Gasteiger partial charge in [0.05, 0.1) is 11.8 Å². The van der Waals surface area contributed by atoms with E-state index in [0.29, 0.717) is 11.1 Å². The van der Waals surface area contributed by atoms with Gasteiger partial charge in [0.1, 0.15) is 17.6 Å². The molecule has 7 heteroatoms. The van der Waals surface area contributed by atoms with Crippen molar-refractivity contribution in [1.82, 2.24) is 0 Å². The van der Waals surface area contributed by atoms with E-state index in [2.05, 4.69) is 0 Å². The van der Waals surface area contributed by atoms with Crippen LogP contribution in [0.1, 0.15) is 28.5 Å². The van der Waals surface area contributed by atoms with Gasteiger partial charge in [-0.1, -0.05) is 17.7 Å². The van der Waals surface area contributed by atoms with Crippen molar-refractivity contribution in [2.75, 3.05) is 4.90 Å². The molecule has 1 atom stereocenters. The molecule has 2 aromatic carbocycles. The lowest BCUT2D eigenvalue weighted by Gasteiger charge is -2.23. The number of rotatable bonds is 3. The molecule has 5 nitrogen and oxygen atoms in total. The van der Waals surface area contributed by atoms with E-state index in [-0.39, 0.29) is 22.8 Å². The molecule has 1 aromatic heterocycles. The molecular weight excluding hydrogens is 392 g/mol.